The van der Waals surface area contributed by atoms with Crippen molar-refractivity contribution in [3.05, 3.63) is 30.1 Å². The van der Waals surface area contributed by atoms with Crippen LogP contribution in [-0.4, -0.2) is 30.9 Å². The van der Waals surface area contributed by atoms with Crippen molar-refractivity contribution in [2.45, 2.75) is 12.5 Å². The van der Waals surface area contributed by atoms with Crippen molar-refractivity contribution < 1.29 is 14.2 Å². The number of hydrogen-bond acceptors (Lipinski definition) is 3. The molecule has 3 nitrogen and oxygen atoms in total. The minimum atomic E-state index is -0.360. The van der Waals surface area contributed by atoms with E-state index < -0.39 is 0 Å². The zero-order valence-electron chi connectivity index (χ0n) is 9.03. The fourth-order valence-corrected chi connectivity index (χ4v) is 1.84. The molecule has 1 saturated heterocycles. The average Bonchev–Trinajstić information content (AvgIpc) is 2.30. The predicted molar refractivity (Wildman–Crippen MR) is 58.9 cm³/mol. The second-order valence-electron chi connectivity index (χ2n) is 4.06. The molecule has 1 aromatic rings. The second kappa shape index (κ2) is 5.27. The molecule has 1 aromatic carbocycles. The van der Waals surface area contributed by atoms with Gasteiger partial charge in [-0.3, -0.25) is 0 Å². The van der Waals surface area contributed by atoms with Gasteiger partial charge in [-0.05, 0) is 25.1 Å². The molecule has 1 aliphatic rings. The molecule has 0 spiro atoms. The summed E-state index contributed by atoms with van der Waals surface area (Å²) < 4.78 is 18.6. The van der Waals surface area contributed by atoms with Crippen molar-refractivity contribution in [1.29, 1.82) is 0 Å². The molecule has 0 amide bonds. The highest BCUT2D eigenvalue weighted by atomic mass is 19.1. The van der Waals surface area contributed by atoms with E-state index in [-0.39, 0.29) is 23.6 Å². The van der Waals surface area contributed by atoms with Crippen LogP contribution in [0.25, 0.3) is 0 Å². The number of rotatable bonds is 3. The van der Waals surface area contributed by atoms with Crippen LogP contribution in [0, 0.1) is 11.7 Å². The molecule has 88 valence electrons. The molecule has 1 fully saturated rings. The van der Waals surface area contributed by atoms with Crippen LogP contribution in [-0.2, 0) is 0 Å². The molecule has 0 aliphatic carbocycles. The quantitative estimate of drug-likeness (QED) is 0.811. The van der Waals surface area contributed by atoms with Crippen LogP contribution < -0.4 is 10.1 Å². The van der Waals surface area contributed by atoms with Gasteiger partial charge in [0.05, 0.1) is 12.7 Å². The molecule has 0 unspecified atom stereocenters. The zero-order valence-corrected chi connectivity index (χ0v) is 9.03. The summed E-state index contributed by atoms with van der Waals surface area (Å²) in [5.41, 5.74) is 0. The Kier molecular flexibility index (Phi) is 3.74. The first-order valence-electron chi connectivity index (χ1n) is 5.53. The number of hydrogen-bond donors (Lipinski definition) is 2. The van der Waals surface area contributed by atoms with Crippen molar-refractivity contribution in [3.8, 4) is 5.75 Å². The highest BCUT2D eigenvalue weighted by molar-refractivity contribution is 5.23. The maximum atomic E-state index is 13.2. The topological polar surface area (TPSA) is 41.5 Å². The molecule has 0 aromatic heterocycles. The summed E-state index contributed by atoms with van der Waals surface area (Å²) in [5.74, 6) is -0.0746. The van der Waals surface area contributed by atoms with Crippen LogP contribution in [0.1, 0.15) is 6.42 Å². The zero-order chi connectivity index (χ0) is 11.4. The number of halogens is 1. The van der Waals surface area contributed by atoms with E-state index in [2.05, 4.69) is 5.32 Å². The molecular weight excluding hydrogens is 209 g/mol. The van der Waals surface area contributed by atoms with Crippen molar-refractivity contribution in [3.63, 3.8) is 0 Å². The molecule has 1 heterocycles. The fourth-order valence-electron chi connectivity index (χ4n) is 1.84. The average molecular weight is 225 g/mol. The van der Waals surface area contributed by atoms with E-state index in [1.807, 2.05) is 0 Å². The fraction of sp³-hybridized carbons (Fsp3) is 0.500. The molecule has 16 heavy (non-hydrogen) atoms. The Morgan fingerprint density at radius 2 is 2.25 bits per heavy atom. The molecule has 2 N–H and O–H groups in total. The SMILES string of the molecule is O[C@@H]1CCNC[C@@H]1COc1ccccc1F. The van der Waals surface area contributed by atoms with Crippen molar-refractivity contribution in [2.24, 2.45) is 5.92 Å². The van der Waals surface area contributed by atoms with Gasteiger partial charge in [-0.2, -0.15) is 0 Å². The van der Waals surface area contributed by atoms with Crippen molar-refractivity contribution in [1.82, 2.24) is 5.32 Å². The molecule has 1 aliphatic heterocycles. The van der Waals surface area contributed by atoms with E-state index in [9.17, 15) is 9.50 Å². The first kappa shape index (κ1) is 11.4. The van der Waals surface area contributed by atoms with E-state index in [1.54, 1.807) is 18.2 Å². The lowest BCUT2D eigenvalue weighted by molar-refractivity contribution is 0.0501. The van der Waals surface area contributed by atoms with Gasteiger partial charge in [0.2, 0.25) is 0 Å². The lowest BCUT2D eigenvalue weighted by Gasteiger charge is -2.28. The molecule has 2 rings (SSSR count). The molecule has 4 heteroatoms. The van der Waals surface area contributed by atoms with Crippen molar-refractivity contribution >= 4 is 0 Å². The van der Waals surface area contributed by atoms with Gasteiger partial charge in [0.25, 0.3) is 0 Å². The van der Waals surface area contributed by atoms with Gasteiger partial charge in [-0.25, -0.2) is 4.39 Å². The number of aliphatic hydroxyl groups is 1. The number of piperidine rings is 1. The lowest BCUT2D eigenvalue weighted by atomic mass is 9.97. The Morgan fingerprint density at radius 3 is 3.00 bits per heavy atom. The monoisotopic (exact) mass is 225 g/mol. The Labute approximate surface area is 94.2 Å². The number of benzene rings is 1. The van der Waals surface area contributed by atoms with Crippen LogP contribution in [0.3, 0.4) is 0 Å². The minimum absolute atomic E-state index is 0.0355. The third-order valence-corrected chi connectivity index (χ3v) is 2.86. The van der Waals surface area contributed by atoms with Gasteiger partial charge in [-0.1, -0.05) is 12.1 Å². The molecular formula is C12H16FNO2. The van der Waals surface area contributed by atoms with Gasteiger partial charge >= 0.3 is 0 Å². The smallest absolute Gasteiger partial charge is 0.165 e. The highest BCUT2D eigenvalue weighted by Crippen LogP contribution is 2.18. The van der Waals surface area contributed by atoms with Gasteiger partial charge < -0.3 is 15.2 Å². The van der Waals surface area contributed by atoms with Crippen molar-refractivity contribution in [2.75, 3.05) is 19.7 Å². The number of para-hydroxylation sites is 1. The first-order valence-corrected chi connectivity index (χ1v) is 5.53. The molecule has 0 saturated carbocycles. The van der Waals surface area contributed by atoms with E-state index in [1.165, 1.54) is 6.07 Å². The van der Waals surface area contributed by atoms with Gasteiger partial charge in [0, 0.05) is 12.5 Å². The Bertz CT molecular complexity index is 346. The Balaban J connectivity index is 1.89. The third kappa shape index (κ3) is 2.71. The Hall–Kier alpha value is -1.13. The highest BCUT2D eigenvalue weighted by Gasteiger charge is 2.23. The van der Waals surface area contributed by atoms with E-state index in [4.69, 9.17) is 4.74 Å². The summed E-state index contributed by atoms with van der Waals surface area (Å²) in [5, 5.41) is 12.9. The van der Waals surface area contributed by atoms with Crippen LogP contribution in [0.5, 0.6) is 5.75 Å². The maximum Gasteiger partial charge on any atom is 0.165 e. The van der Waals surface area contributed by atoms with Crippen LogP contribution in [0.15, 0.2) is 24.3 Å². The van der Waals surface area contributed by atoms with Crippen LogP contribution in [0.2, 0.25) is 0 Å². The summed E-state index contributed by atoms with van der Waals surface area (Å²) in [6.45, 7) is 1.89. The summed E-state index contributed by atoms with van der Waals surface area (Å²) >= 11 is 0. The second-order valence-corrected chi connectivity index (χ2v) is 4.06. The van der Waals surface area contributed by atoms with E-state index in [0.717, 1.165) is 19.5 Å². The van der Waals surface area contributed by atoms with Crippen LogP contribution >= 0.6 is 0 Å². The Morgan fingerprint density at radius 1 is 1.44 bits per heavy atom. The largest absolute Gasteiger partial charge is 0.490 e. The lowest BCUT2D eigenvalue weighted by Crippen LogP contribution is -2.42. The van der Waals surface area contributed by atoms with Gasteiger partial charge in [0.15, 0.2) is 11.6 Å². The van der Waals surface area contributed by atoms with Gasteiger partial charge in [0.1, 0.15) is 0 Å². The number of aliphatic hydroxyl groups excluding tert-OH is 1. The maximum absolute atomic E-state index is 13.2. The first-order chi connectivity index (χ1) is 7.77. The summed E-state index contributed by atoms with van der Waals surface area (Å²) in [6.07, 6.45) is 0.374. The third-order valence-electron chi connectivity index (χ3n) is 2.86. The van der Waals surface area contributed by atoms with Crippen LogP contribution in [0.4, 0.5) is 4.39 Å². The van der Waals surface area contributed by atoms with Gasteiger partial charge in [-0.15, -0.1) is 0 Å². The molecule has 0 radical (unpaired) electrons. The normalized spacial score (nSPS) is 25.4. The predicted octanol–water partition coefficient (Wildman–Crippen LogP) is 1.17. The number of ether oxygens (including phenoxy) is 1. The number of nitrogens with one attached hydrogen (secondary N) is 1. The standard InChI is InChI=1S/C12H16FNO2/c13-10-3-1-2-4-12(10)16-8-9-7-14-6-5-11(9)15/h1-4,9,11,14-15H,5-8H2/t9-,11-/m1/s1. The summed E-state index contributed by atoms with van der Waals surface area (Å²) in [6, 6.07) is 6.32. The van der Waals surface area contributed by atoms with E-state index in [0.29, 0.717) is 6.61 Å². The minimum Gasteiger partial charge on any atom is -0.490 e. The van der Waals surface area contributed by atoms with E-state index >= 15 is 0 Å². The molecule has 0 bridgehead atoms. The summed E-state index contributed by atoms with van der Waals surface area (Å²) in [7, 11) is 0. The summed E-state index contributed by atoms with van der Waals surface area (Å²) in [4.78, 5) is 0. The molecule has 2 atom stereocenters.